The first-order chi connectivity index (χ1) is 8.18. The molecule has 17 heavy (non-hydrogen) atoms. The molecular formula is C10H15BrN4OS. The lowest BCUT2D eigenvalue weighted by atomic mass is 10.00. The van der Waals surface area contributed by atoms with E-state index in [1.54, 1.807) is 4.68 Å². The van der Waals surface area contributed by atoms with Crippen LogP contribution in [0, 0.1) is 0 Å². The highest BCUT2D eigenvalue weighted by molar-refractivity contribution is 9.11. The van der Waals surface area contributed by atoms with Crippen LogP contribution in [-0.2, 0) is 4.74 Å². The van der Waals surface area contributed by atoms with Crippen molar-refractivity contribution in [3.63, 3.8) is 0 Å². The van der Waals surface area contributed by atoms with Crippen LogP contribution in [0.4, 0.5) is 0 Å². The highest BCUT2D eigenvalue weighted by atomic mass is 79.9. The molecule has 1 aromatic rings. The Kier molecular flexibility index (Phi) is 4.47. The van der Waals surface area contributed by atoms with Gasteiger partial charge in [-0.25, -0.2) is 4.68 Å². The molecule has 0 aliphatic carbocycles. The number of nitrogens with two attached hydrogens (primary N) is 1. The maximum absolute atomic E-state index is 6.01. The van der Waals surface area contributed by atoms with Crippen molar-refractivity contribution in [1.29, 1.82) is 0 Å². The summed E-state index contributed by atoms with van der Waals surface area (Å²) in [7, 11) is 0. The fourth-order valence-electron chi connectivity index (χ4n) is 1.76. The molecule has 1 aliphatic rings. The van der Waals surface area contributed by atoms with E-state index >= 15 is 0 Å². The molecule has 5 nitrogen and oxygen atoms in total. The summed E-state index contributed by atoms with van der Waals surface area (Å²) in [6.45, 7) is 5.33. The molecule has 0 bridgehead atoms. The van der Waals surface area contributed by atoms with E-state index in [0.29, 0.717) is 5.92 Å². The Labute approximate surface area is 113 Å². The normalized spacial score (nSPS) is 17.2. The van der Waals surface area contributed by atoms with Crippen molar-refractivity contribution in [1.82, 2.24) is 14.9 Å². The fourth-order valence-corrected chi connectivity index (χ4v) is 2.72. The van der Waals surface area contributed by atoms with Gasteiger partial charge in [0, 0.05) is 24.9 Å². The molecule has 1 aliphatic heterocycles. The van der Waals surface area contributed by atoms with Gasteiger partial charge < -0.3 is 10.6 Å². The second-order valence-corrected chi connectivity index (χ2v) is 5.97. The maximum atomic E-state index is 6.01. The summed E-state index contributed by atoms with van der Waals surface area (Å²) < 4.78 is 7.83. The summed E-state index contributed by atoms with van der Waals surface area (Å²) >= 11 is 4.84. The van der Waals surface area contributed by atoms with Crippen molar-refractivity contribution in [3.05, 3.63) is 16.9 Å². The SMILES string of the molecule is C=C(Br)CSc1nnc(C2CCOCC2)n1N. The van der Waals surface area contributed by atoms with Crippen molar-refractivity contribution in [3.8, 4) is 0 Å². The van der Waals surface area contributed by atoms with E-state index in [1.165, 1.54) is 11.8 Å². The Morgan fingerprint density at radius 2 is 2.24 bits per heavy atom. The molecule has 0 unspecified atom stereocenters. The number of halogens is 1. The molecule has 1 fully saturated rings. The molecule has 1 aromatic heterocycles. The van der Waals surface area contributed by atoms with Crippen LogP contribution in [0.3, 0.4) is 0 Å². The first kappa shape index (κ1) is 12.9. The van der Waals surface area contributed by atoms with Gasteiger partial charge in [0.15, 0.2) is 5.82 Å². The number of hydrogen-bond donors (Lipinski definition) is 1. The molecule has 1 saturated heterocycles. The van der Waals surface area contributed by atoms with Gasteiger partial charge in [-0.2, -0.15) is 0 Å². The quantitative estimate of drug-likeness (QED) is 0.678. The van der Waals surface area contributed by atoms with Gasteiger partial charge in [0.05, 0.1) is 0 Å². The summed E-state index contributed by atoms with van der Waals surface area (Å²) in [4.78, 5) is 0. The maximum Gasteiger partial charge on any atom is 0.210 e. The molecule has 0 amide bonds. The van der Waals surface area contributed by atoms with Gasteiger partial charge in [-0.15, -0.1) is 10.2 Å². The van der Waals surface area contributed by atoms with E-state index in [0.717, 1.165) is 47.3 Å². The summed E-state index contributed by atoms with van der Waals surface area (Å²) in [5, 5.41) is 9.02. The van der Waals surface area contributed by atoms with Crippen molar-refractivity contribution in [2.75, 3.05) is 24.8 Å². The molecule has 2 heterocycles. The highest BCUT2D eigenvalue weighted by Gasteiger charge is 2.22. The van der Waals surface area contributed by atoms with Crippen LogP contribution < -0.4 is 5.84 Å². The summed E-state index contributed by atoms with van der Waals surface area (Å²) in [6, 6.07) is 0. The molecule has 2 N–H and O–H groups in total. The third-order valence-electron chi connectivity index (χ3n) is 2.64. The number of thioether (sulfide) groups is 1. The van der Waals surface area contributed by atoms with Crippen LogP contribution in [0.15, 0.2) is 16.2 Å². The second kappa shape index (κ2) is 5.88. The first-order valence-corrected chi connectivity index (χ1v) is 7.20. The number of nitrogen functional groups attached to an aromatic ring is 1. The number of rotatable bonds is 4. The lowest BCUT2D eigenvalue weighted by molar-refractivity contribution is 0.0830. The zero-order valence-corrected chi connectivity index (χ0v) is 11.8. The minimum Gasteiger partial charge on any atom is -0.381 e. The zero-order valence-electron chi connectivity index (χ0n) is 9.43. The summed E-state index contributed by atoms with van der Waals surface area (Å²) in [5.41, 5.74) is 0. The van der Waals surface area contributed by atoms with Gasteiger partial charge in [0.2, 0.25) is 5.16 Å². The average Bonchev–Trinajstić information content (AvgIpc) is 2.69. The molecule has 0 saturated carbocycles. The molecule has 0 aromatic carbocycles. The standard InChI is InChI=1S/C10H15BrN4OS/c1-7(11)6-17-10-14-13-9(15(10)12)8-2-4-16-5-3-8/h8H,1-6,12H2. The largest absolute Gasteiger partial charge is 0.381 e. The summed E-state index contributed by atoms with van der Waals surface area (Å²) in [6.07, 6.45) is 1.93. The molecule has 7 heteroatoms. The monoisotopic (exact) mass is 318 g/mol. The van der Waals surface area contributed by atoms with E-state index in [4.69, 9.17) is 10.6 Å². The topological polar surface area (TPSA) is 66.0 Å². The van der Waals surface area contributed by atoms with Gasteiger partial charge in [-0.3, -0.25) is 0 Å². The van der Waals surface area contributed by atoms with E-state index in [2.05, 4.69) is 32.7 Å². The Morgan fingerprint density at radius 1 is 1.53 bits per heavy atom. The molecule has 94 valence electrons. The minimum absolute atomic E-state index is 0.364. The minimum atomic E-state index is 0.364. The highest BCUT2D eigenvalue weighted by Crippen LogP contribution is 2.27. The average molecular weight is 319 g/mol. The number of hydrogen-bond acceptors (Lipinski definition) is 5. The Morgan fingerprint density at radius 3 is 2.88 bits per heavy atom. The predicted octanol–water partition coefficient (Wildman–Crippen LogP) is 1.89. The number of nitrogens with zero attached hydrogens (tertiary/aromatic N) is 3. The van der Waals surface area contributed by atoms with Crippen LogP contribution >= 0.6 is 27.7 Å². The summed E-state index contributed by atoms with van der Waals surface area (Å²) in [5.74, 6) is 7.97. The third-order valence-corrected chi connectivity index (χ3v) is 4.32. The van der Waals surface area contributed by atoms with Crippen LogP contribution in [0.25, 0.3) is 0 Å². The van der Waals surface area contributed by atoms with E-state index in [9.17, 15) is 0 Å². The molecule has 0 spiro atoms. The van der Waals surface area contributed by atoms with Crippen molar-refractivity contribution >= 4 is 27.7 Å². The van der Waals surface area contributed by atoms with Gasteiger partial charge in [-0.05, 0) is 17.3 Å². The lowest BCUT2D eigenvalue weighted by Crippen LogP contribution is -2.22. The molecule has 0 atom stereocenters. The smallest absolute Gasteiger partial charge is 0.210 e. The van der Waals surface area contributed by atoms with Gasteiger partial charge in [0.25, 0.3) is 0 Å². The molecular weight excluding hydrogens is 304 g/mol. The Bertz CT molecular complexity index is 403. The van der Waals surface area contributed by atoms with Gasteiger partial charge >= 0.3 is 0 Å². The second-order valence-electron chi connectivity index (χ2n) is 3.90. The van der Waals surface area contributed by atoms with E-state index in [1.807, 2.05) is 0 Å². The third kappa shape index (κ3) is 3.23. The lowest BCUT2D eigenvalue weighted by Gasteiger charge is -2.20. The molecule has 2 rings (SSSR count). The Hall–Kier alpha value is -0.530. The van der Waals surface area contributed by atoms with Crippen LogP contribution in [0.1, 0.15) is 24.6 Å². The fraction of sp³-hybridized carbons (Fsp3) is 0.600. The van der Waals surface area contributed by atoms with Crippen LogP contribution in [0.2, 0.25) is 0 Å². The van der Waals surface area contributed by atoms with Crippen molar-refractivity contribution in [2.24, 2.45) is 0 Å². The van der Waals surface area contributed by atoms with Crippen LogP contribution in [-0.4, -0.2) is 33.8 Å². The van der Waals surface area contributed by atoms with E-state index in [-0.39, 0.29) is 0 Å². The zero-order chi connectivity index (χ0) is 12.3. The number of aromatic nitrogens is 3. The Balaban J connectivity index is 2.05. The predicted molar refractivity (Wildman–Crippen MR) is 71.8 cm³/mol. The van der Waals surface area contributed by atoms with Crippen molar-refractivity contribution in [2.45, 2.75) is 23.9 Å². The molecule has 0 radical (unpaired) electrons. The van der Waals surface area contributed by atoms with Gasteiger partial charge in [0.1, 0.15) is 0 Å². The van der Waals surface area contributed by atoms with Crippen LogP contribution in [0.5, 0.6) is 0 Å². The van der Waals surface area contributed by atoms with Crippen molar-refractivity contribution < 1.29 is 4.74 Å². The number of ether oxygens (including phenoxy) is 1. The first-order valence-electron chi connectivity index (χ1n) is 5.42. The van der Waals surface area contributed by atoms with Gasteiger partial charge in [-0.1, -0.05) is 34.3 Å². The van der Waals surface area contributed by atoms with E-state index < -0.39 is 0 Å².